The number of hydrogen-bond donors (Lipinski definition) is 1. The molecule has 2 rings (SSSR count). The maximum Gasteiger partial charge on any atom is 0.410 e. The van der Waals surface area contributed by atoms with Crippen molar-refractivity contribution in [1.82, 2.24) is 20.1 Å². The zero-order chi connectivity index (χ0) is 15.5. The lowest BCUT2D eigenvalue weighted by Gasteiger charge is -2.34. The monoisotopic (exact) mass is 357 g/mol. The Morgan fingerprint density at radius 3 is 2.86 bits per heavy atom. The molecular formula is C13H20BrN5O2. The number of ether oxygens (including phenoxy) is 1. The van der Waals surface area contributed by atoms with Crippen LogP contribution in [0.1, 0.15) is 33.6 Å². The van der Waals surface area contributed by atoms with Crippen molar-refractivity contribution >= 4 is 28.0 Å². The Bertz CT molecular complexity index is 488. The van der Waals surface area contributed by atoms with E-state index in [4.69, 9.17) is 4.74 Å². The molecule has 1 aliphatic rings. The number of carbonyl (C=O) groups is 1. The van der Waals surface area contributed by atoms with Gasteiger partial charge in [0.1, 0.15) is 10.2 Å². The first-order valence-electron chi connectivity index (χ1n) is 6.93. The highest BCUT2D eigenvalue weighted by Gasteiger charge is 2.27. The van der Waals surface area contributed by atoms with Crippen molar-refractivity contribution in [1.29, 1.82) is 0 Å². The third-order valence-electron chi connectivity index (χ3n) is 2.94. The van der Waals surface area contributed by atoms with Crippen molar-refractivity contribution in [3.8, 4) is 0 Å². The van der Waals surface area contributed by atoms with E-state index in [0.29, 0.717) is 23.6 Å². The van der Waals surface area contributed by atoms with E-state index >= 15 is 0 Å². The summed E-state index contributed by atoms with van der Waals surface area (Å²) in [6, 6.07) is 0.106. The molecule has 1 N–H and O–H groups in total. The van der Waals surface area contributed by atoms with Gasteiger partial charge in [0.15, 0.2) is 0 Å². The Balaban J connectivity index is 1.91. The summed E-state index contributed by atoms with van der Waals surface area (Å²) in [6.45, 7) is 6.89. The molecule has 0 bridgehead atoms. The molecule has 2 heterocycles. The first kappa shape index (κ1) is 15.9. The first-order valence-corrected chi connectivity index (χ1v) is 7.72. The lowest BCUT2D eigenvalue weighted by Crippen LogP contribution is -2.47. The Hall–Kier alpha value is -1.44. The first-order chi connectivity index (χ1) is 9.83. The quantitative estimate of drug-likeness (QED) is 0.875. The van der Waals surface area contributed by atoms with Gasteiger partial charge in [0.05, 0.1) is 6.20 Å². The van der Waals surface area contributed by atoms with Crippen molar-refractivity contribution in [3.05, 3.63) is 10.8 Å². The number of halogens is 1. The van der Waals surface area contributed by atoms with E-state index in [1.165, 1.54) is 0 Å². The van der Waals surface area contributed by atoms with Crippen LogP contribution < -0.4 is 5.32 Å². The number of rotatable bonds is 2. The molecule has 1 fully saturated rings. The van der Waals surface area contributed by atoms with Crippen molar-refractivity contribution in [3.63, 3.8) is 0 Å². The molecular weight excluding hydrogens is 338 g/mol. The summed E-state index contributed by atoms with van der Waals surface area (Å²) in [7, 11) is 0. The summed E-state index contributed by atoms with van der Waals surface area (Å²) >= 11 is 3.19. The van der Waals surface area contributed by atoms with Gasteiger partial charge in [0, 0.05) is 19.1 Å². The second-order valence-corrected chi connectivity index (χ2v) is 6.83. The Morgan fingerprint density at radius 2 is 2.24 bits per heavy atom. The number of piperidine rings is 1. The van der Waals surface area contributed by atoms with E-state index < -0.39 is 5.60 Å². The third kappa shape index (κ3) is 5.11. The number of hydrogen-bond acceptors (Lipinski definition) is 6. The smallest absolute Gasteiger partial charge is 0.410 e. The lowest BCUT2D eigenvalue weighted by atomic mass is 10.1. The molecule has 1 atom stereocenters. The van der Waals surface area contributed by atoms with Crippen LogP contribution in [-0.2, 0) is 4.74 Å². The van der Waals surface area contributed by atoms with Crippen LogP contribution in [0.4, 0.5) is 10.7 Å². The van der Waals surface area contributed by atoms with Gasteiger partial charge in [0.25, 0.3) is 0 Å². The molecule has 7 nitrogen and oxygen atoms in total. The van der Waals surface area contributed by atoms with E-state index in [2.05, 4.69) is 36.4 Å². The molecule has 21 heavy (non-hydrogen) atoms. The average Bonchev–Trinajstić information content (AvgIpc) is 2.40. The van der Waals surface area contributed by atoms with Crippen LogP contribution in [0.5, 0.6) is 0 Å². The van der Waals surface area contributed by atoms with Gasteiger partial charge in [-0.1, -0.05) is 0 Å². The highest BCUT2D eigenvalue weighted by Crippen LogP contribution is 2.17. The zero-order valence-corrected chi connectivity index (χ0v) is 14.1. The molecule has 1 aromatic heterocycles. The molecule has 0 unspecified atom stereocenters. The van der Waals surface area contributed by atoms with E-state index in [9.17, 15) is 4.79 Å². The molecule has 0 radical (unpaired) electrons. The van der Waals surface area contributed by atoms with Crippen molar-refractivity contribution in [2.75, 3.05) is 18.4 Å². The molecule has 0 aliphatic carbocycles. The minimum absolute atomic E-state index is 0.106. The molecule has 0 aromatic carbocycles. The fourth-order valence-electron chi connectivity index (χ4n) is 2.10. The fraction of sp³-hybridized carbons (Fsp3) is 0.692. The van der Waals surface area contributed by atoms with Crippen LogP contribution in [0, 0.1) is 0 Å². The van der Waals surface area contributed by atoms with Crippen LogP contribution in [0.25, 0.3) is 0 Å². The molecule has 1 aromatic rings. The second-order valence-electron chi connectivity index (χ2n) is 6.01. The van der Waals surface area contributed by atoms with Gasteiger partial charge in [-0.25, -0.2) is 9.78 Å². The molecule has 1 amide bonds. The summed E-state index contributed by atoms with van der Waals surface area (Å²) in [4.78, 5) is 17.9. The molecule has 0 spiro atoms. The number of aromatic nitrogens is 3. The third-order valence-corrected chi connectivity index (χ3v) is 3.30. The Kier molecular flexibility index (Phi) is 4.97. The van der Waals surface area contributed by atoms with Gasteiger partial charge < -0.3 is 15.0 Å². The SMILES string of the molecule is CC(C)(C)OC(=O)N1CCC[C@@H](Nc2ncc(Br)nn2)C1. The summed E-state index contributed by atoms with van der Waals surface area (Å²) in [5.41, 5.74) is -0.476. The van der Waals surface area contributed by atoms with Gasteiger partial charge in [-0.05, 0) is 49.5 Å². The summed E-state index contributed by atoms with van der Waals surface area (Å²) in [6.07, 6.45) is 3.19. The summed E-state index contributed by atoms with van der Waals surface area (Å²) in [5, 5.41) is 11.0. The number of anilines is 1. The Labute approximate surface area is 132 Å². The largest absolute Gasteiger partial charge is 0.444 e. The maximum atomic E-state index is 12.1. The van der Waals surface area contributed by atoms with Gasteiger partial charge in [-0.15, -0.1) is 10.2 Å². The van der Waals surface area contributed by atoms with E-state index in [-0.39, 0.29) is 12.1 Å². The average molecular weight is 358 g/mol. The number of amides is 1. The normalized spacial score (nSPS) is 19.2. The minimum Gasteiger partial charge on any atom is -0.444 e. The van der Waals surface area contributed by atoms with Crippen LogP contribution in [0.2, 0.25) is 0 Å². The number of carbonyl (C=O) groups excluding carboxylic acids is 1. The van der Waals surface area contributed by atoms with Crippen molar-refractivity contribution < 1.29 is 9.53 Å². The number of likely N-dealkylation sites (tertiary alicyclic amines) is 1. The lowest BCUT2D eigenvalue weighted by molar-refractivity contribution is 0.0206. The summed E-state index contributed by atoms with van der Waals surface area (Å²) < 4.78 is 5.99. The van der Waals surface area contributed by atoms with Crippen molar-refractivity contribution in [2.24, 2.45) is 0 Å². The van der Waals surface area contributed by atoms with Gasteiger partial charge in [0.2, 0.25) is 5.95 Å². The molecule has 8 heteroatoms. The van der Waals surface area contributed by atoms with Crippen LogP contribution >= 0.6 is 15.9 Å². The maximum absolute atomic E-state index is 12.1. The predicted octanol–water partition coefficient (Wildman–Crippen LogP) is 2.45. The molecule has 1 aliphatic heterocycles. The number of nitrogens with one attached hydrogen (secondary N) is 1. The van der Waals surface area contributed by atoms with Gasteiger partial charge >= 0.3 is 6.09 Å². The predicted molar refractivity (Wildman–Crippen MR) is 82.0 cm³/mol. The molecule has 1 saturated heterocycles. The zero-order valence-electron chi connectivity index (χ0n) is 12.5. The topological polar surface area (TPSA) is 80.2 Å². The molecule has 0 saturated carbocycles. The van der Waals surface area contributed by atoms with Gasteiger partial charge in [-0.2, -0.15) is 0 Å². The van der Waals surface area contributed by atoms with Gasteiger partial charge in [-0.3, -0.25) is 0 Å². The minimum atomic E-state index is -0.476. The molecule has 116 valence electrons. The number of nitrogens with zero attached hydrogens (tertiary/aromatic N) is 4. The Morgan fingerprint density at radius 1 is 1.48 bits per heavy atom. The van der Waals surface area contributed by atoms with E-state index in [0.717, 1.165) is 12.8 Å². The highest BCUT2D eigenvalue weighted by atomic mass is 79.9. The van der Waals surface area contributed by atoms with Crippen molar-refractivity contribution in [2.45, 2.75) is 45.3 Å². The summed E-state index contributed by atoms with van der Waals surface area (Å²) in [5.74, 6) is 0.467. The standard InChI is InChI=1S/C13H20BrN5O2/c1-13(2,3)21-12(20)19-6-4-5-9(8-19)16-11-15-7-10(14)17-18-11/h7,9H,4-6,8H2,1-3H3,(H,15,16,18)/t9-/m1/s1. The van der Waals surface area contributed by atoms with Crippen LogP contribution in [0.15, 0.2) is 10.8 Å². The second kappa shape index (κ2) is 6.55. The van der Waals surface area contributed by atoms with E-state index in [1.807, 2.05) is 20.8 Å². The van der Waals surface area contributed by atoms with Crippen LogP contribution in [0.3, 0.4) is 0 Å². The fourth-order valence-corrected chi connectivity index (χ4v) is 2.28. The van der Waals surface area contributed by atoms with Crippen LogP contribution in [-0.4, -0.2) is 50.9 Å². The van der Waals surface area contributed by atoms with E-state index in [1.54, 1.807) is 11.1 Å². The highest BCUT2D eigenvalue weighted by molar-refractivity contribution is 9.10.